The number of aromatic nitrogens is 2. The van der Waals surface area contributed by atoms with Crippen molar-refractivity contribution in [2.45, 2.75) is 11.8 Å². The molecule has 0 aliphatic rings. The molecule has 166 valence electrons. The fourth-order valence-corrected chi connectivity index (χ4v) is 5.93. The molecule has 0 saturated heterocycles. The normalized spacial score (nSPS) is 12.6. The van der Waals surface area contributed by atoms with E-state index in [0.29, 0.717) is 20.5 Å². The summed E-state index contributed by atoms with van der Waals surface area (Å²) < 4.78 is 33.0. The van der Waals surface area contributed by atoms with Gasteiger partial charge in [0.25, 0.3) is 5.56 Å². The van der Waals surface area contributed by atoms with Gasteiger partial charge >= 0.3 is 10.1 Å². The molecule has 3 aromatic carbocycles. The van der Waals surface area contributed by atoms with Crippen LogP contribution in [0.3, 0.4) is 0 Å². The number of fused-ring (bicyclic) bond motifs is 3. The molecule has 0 atom stereocenters. The smallest absolute Gasteiger partial charge is 0.339 e. The molecule has 5 rings (SSSR count). The van der Waals surface area contributed by atoms with E-state index in [1.165, 1.54) is 46.1 Å². The number of para-hydroxylation sites is 2. The van der Waals surface area contributed by atoms with Gasteiger partial charge in [-0.25, -0.2) is 9.38 Å². The molecule has 0 saturated carbocycles. The van der Waals surface area contributed by atoms with Gasteiger partial charge in [-0.15, -0.1) is 0 Å². The summed E-state index contributed by atoms with van der Waals surface area (Å²) in [5, 5.41) is 0.272. The lowest BCUT2D eigenvalue weighted by molar-refractivity contribution is 0.485. The van der Waals surface area contributed by atoms with Crippen LogP contribution in [0.2, 0.25) is 10.0 Å². The molecule has 0 bridgehead atoms. The van der Waals surface area contributed by atoms with Crippen LogP contribution >= 0.6 is 34.5 Å². The summed E-state index contributed by atoms with van der Waals surface area (Å²) in [6.07, 6.45) is 1.51. The van der Waals surface area contributed by atoms with Crippen LogP contribution in [0.1, 0.15) is 11.1 Å². The van der Waals surface area contributed by atoms with E-state index in [0.717, 1.165) is 5.56 Å². The van der Waals surface area contributed by atoms with Crippen molar-refractivity contribution in [1.82, 2.24) is 9.38 Å². The van der Waals surface area contributed by atoms with E-state index in [-0.39, 0.29) is 31.8 Å². The van der Waals surface area contributed by atoms with Crippen molar-refractivity contribution in [3.05, 3.63) is 96.7 Å². The van der Waals surface area contributed by atoms with E-state index in [1.807, 2.05) is 31.2 Å². The van der Waals surface area contributed by atoms with Crippen molar-refractivity contribution in [1.29, 1.82) is 0 Å². The molecule has 0 N–H and O–H groups in total. The van der Waals surface area contributed by atoms with E-state index in [4.69, 9.17) is 27.4 Å². The predicted octanol–water partition coefficient (Wildman–Crippen LogP) is 4.84. The Balaban J connectivity index is 1.67. The van der Waals surface area contributed by atoms with Crippen LogP contribution in [-0.4, -0.2) is 17.8 Å². The van der Waals surface area contributed by atoms with Crippen molar-refractivity contribution in [2.24, 2.45) is 0 Å². The number of thiazole rings is 1. The molecular weight excluding hydrogens is 503 g/mol. The van der Waals surface area contributed by atoms with Crippen LogP contribution in [0.15, 0.2) is 70.4 Å². The van der Waals surface area contributed by atoms with E-state index < -0.39 is 10.1 Å². The van der Waals surface area contributed by atoms with Crippen LogP contribution in [0.25, 0.3) is 22.1 Å². The molecule has 6 nitrogen and oxygen atoms in total. The third-order valence-corrected chi connectivity index (χ3v) is 7.67. The zero-order valence-corrected chi connectivity index (χ0v) is 20.1. The molecule has 0 spiro atoms. The van der Waals surface area contributed by atoms with Crippen molar-refractivity contribution >= 4 is 66.7 Å². The monoisotopic (exact) mass is 516 g/mol. The van der Waals surface area contributed by atoms with Gasteiger partial charge < -0.3 is 4.18 Å². The molecule has 0 amide bonds. The summed E-state index contributed by atoms with van der Waals surface area (Å²) >= 11 is 13.7. The Bertz CT molecular complexity index is 1760. The Labute approximate surface area is 202 Å². The first-order valence-corrected chi connectivity index (χ1v) is 12.6. The number of rotatable bonds is 4. The Morgan fingerprint density at radius 3 is 2.55 bits per heavy atom. The number of hydrogen-bond acceptors (Lipinski definition) is 6. The minimum absolute atomic E-state index is 0.00340. The third-order valence-electron chi connectivity index (χ3n) is 4.97. The zero-order valence-electron chi connectivity index (χ0n) is 17.0. The maximum absolute atomic E-state index is 13.1. The molecule has 5 aromatic rings. The lowest BCUT2D eigenvalue weighted by Gasteiger charge is -2.12. The topological polar surface area (TPSA) is 77.7 Å². The molecular formula is C23H14Cl2N2O4S2. The van der Waals surface area contributed by atoms with Crippen LogP contribution < -0.4 is 14.3 Å². The SMILES string of the molecule is Cc1ccc(S(=O)(=O)Oc2c(Cl)cc(Cl)cc2/C=c2\sc3nc4ccccc4n3c2=O)cc1. The molecule has 0 aliphatic carbocycles. The highest BCUT2D eigenvalue weighted by atomic mass is 35.5. The van der Waals surface area contributed by atoms with Crippen LogP contribution in [0, 0.1) is 6.92 Å². The second-order valence-corrected chi connectivity index (χ2v) is 10.7. The average Bonchev–Trinajstić information content (AvgIpc) is 3.27. The molecule has 0 unspecified atom stereocenters. The van der Waals surface area contributed by atoms with Crippen LogP contribution in [0.4, 0.5) is 0 Å². The van der Waals surface area contributed by atoms with Gasteiger partial charge in [-0.3, -0.25) is 4.79 Å². The number of hydrogen-bond donors (Lipinski definition) is 0. The molecule has 10 heteroatoms. The first kappa shape index (κ1) is 21.9. The molecule has 2 heterocycles. The van der Waals surface area contributed by atoms with Gasteiger partial charge in [-0.2, -0.15) is 8.42 Å². The zero-order chi connectivity index (χ0) is 23.3. The highest BCUT2D eigenvalue weighted by Crippen LogP contribution is 2.35. The number of halogens is 2. The quantitative estimate of drug-likeness (QED) is 0.319. The van der Waals surface area contributed by atoms with E-state index in [9.17, 15) is 13.2 Å². The summed E-state index contributed by atoms with van der Waals surface area (Å²) in [7, 11) is -4.17. The number of imidazole rings is 1. The average molecular weight is 517 g/mol. The fraction of sp³-hybridized carbons (Fsp3) is 0.0435. The second-order valence-electron chi connectivity index (χ2n) is 7.29. The van der Waals surface area contributed by atoms with Gasteiger partial charge in [-0.05, 0) is 49.4 Å². The van der Waals surface area contributed by atoms with Crippen molar-refractivity contribution in [3.8, 4) is 5.75 Å². The van der Waals surface area contributed by atoms with Gasteiger partial charge in [0.2, 0.25) is 0 Å². The summed E-state index contributed by atoms with van der Waals surface area (Å²) in [4.78, 5) is 18.1. The van der Waals surface area contributed by atoms with E-state index in [1.54, 1.807) is 12.1 Å². The third kappa shape index (κ3) is 4.00. The Morgan fingerprint density at radius 1 is 1.06 bits per heavy atom. The van der Waals surface area contributed by atoms with Crippen LogP contribution in [-0.2, 0) is 10.1 Å². The summed E-state index contributed by atoms with van der Waals surface area (Å²) in [6.45, 7) is 1.85. The maximum Gasteiger partial charge on any atom is 0.339 e. The highest BCUT2D eigenvalue weighted by Gasteiger charge is 2.21. The Hall–Kier alpha value is -2.91. The minimum Gasteiger partial charge on any atom is -0.377 e. The highest BCUT2D eigenvalue weighted by molar-refractivity contribution is 7.87. The second kappa shape index (κ2) is 8.14. The summed E-state index contributed by atoms with van der Waals surface area (Å²) in [5.41, 5.74) is 2.29. The largest absolute Gasteiger partial charge is 0.377 e. The standard InChI is InChI=1S/C23H14Cl2N2O4S2/c1-13-6-8-16(9-7-13)33(29,30)31-21-14(10-15(24)12-17(21)25)11-20-22(28)27-19-5-3-2-4-18(19)26-23(27)32-20/h2-12H,1H3/b20-11-. The molecule has 0 radical (unpaired) electrons. The first-order valence-electron chi connectivity index (χ1n) is 9.65. The predicted molar refractivity (Wildman–Crippen MR) is 131 cm³/mol. The van der Waals surface area contributed by atoms with Crippen molar-refractivity contribution in [3.63, 3.8) is 0 Å². The van der Waals surface area contributed by atoms with E-state index >= 15 is 0 Å². The number of benzene rings is 3. The van der Waals surface area contributed by atoms with Gasteiger partial charge in [0.1, 0.15) is 4.90 Å². The number of nitrogens with zero attached hydrogens (tertiary/aromatic N) is 2. The minimum atomic E-state index is -4.17. The fourth-order valence-electron chi connectivity index (χ4n) is 3.39. The lowest BCUT2D eigenvalue weighted by Crippen LogP contribution is -2.22. The summed E-state index contributed by atoms with van der Waals surface area (Å²) in [5.74, 6) is -0.114. The van der Waals surface area contributed by atoms with Crippen molar-refractivity contribution < 1.29 is 12.6 Å². The Kier molecular flexibility index (Phi) is 5.41. The van der Waals surface area contributed by atoms with Crippen molar-refractivity contribution in [2.75, 3.05) is 0 Å². The lowest BCUT2D eigenvalue weighted by atomic mass is 10.2. The van der Waals surface area contributed by atoms with Crippen LogP contribution in [0.5, 0.6) is 5.75 Å². The van der Waals surface area contributed by atoms with E-state index in [2.05, 4.69) is 4.98 Å². The van der Waals surface area contributed by atoms with Gasteiger partial charge in [0.05, 0.1) is 20.6 Å². The summed E-state index contributed by atoms with van der Waals surface area (Å²) in [6, 6.07) is 16.4. The van der Waals surface area contributed by atoms with Gasteiger partial charge in [0, 0.05) is 10.6 Å². The van der Waals surface area contributed by atoms with Gasteiger partial charge in [0.15, 0.2) is 10.7 Å². The first-order chi connectivity index (χ1) is 15.7. The molecule has 2 aromatic heterocycles. The number of aryl methyl sites for hydroxylation is 1. The van der Waals surface area contributed by atoms with Gasteiger partial charge in [-0.1, -0.05) is 64.4 Å². The molecule has 0 aliphatic heterocycles. The Morgan fingerprint density at radius 2 is 1.79 bits per heavy atom. The molecule has 33 heavy (non-hydrogen) atoms. The maximum atomic E-state index is 13.1. The molecule has 0 fully saturated rings.